The van der Waals surface area contributed by atoms with Gasteiger partial charge in [0.15, 0.2) is 5.82 Å². The van der Waals surface area contributed by atoms with E-state index in [9.17, 15) is 4.39 Å². The number of halogens is 1. The van der Waals surface area contributed by atoms with Crippen LogP contribution in [-0.4, -0.2) is 37.8 Å². The lowest BCUT2D eigenvalue weighted by Gasteiger charge is -2.30. The van der Waals surface area contributed by atoms with E-state index in [4.69, 9.17) is 16.0 Å². The smallest absolute Gasteiger partial charge is 0.261 e. The third kappa shape index (κ3) is 4.58. The van der Waals surface area contributed by atoms with E-state index < -0.39 is 12.1 Å². The van der Waals surface area contributed by atoms with Crippen LogP contribution in [0.2, 0.25) is 0 Å². The maximum absolute atomic E-state index is 12.6. The topological polar surface area (TPSA) is 134 Å². The van der Waals surface area contributed by atoms with E-state index in [1.54, 1.807) is 18.6 Å². The standard InChI is InChI=1S/C22H27FN8O/c1-14(2)22(4,18-5-6-19(27-12-18)16(9-24)10-26-15(3)25)21-29-20(32-30-21)17-11-28-31(13-17)8-7-23/h5-6,9-14H,3,7-8,24-25H2,1-2,4H3/b16-9+,26-10?/t22-/m0/s1. The number of aliphatic imine (C=N–C) groups is 1. The van der Waals surface area contributed by atoms with Gasteiger partial charge >= 0.3 is 0 Å². The summed E-state index contributed by atoms with van der Waals surface area (Å²) in [5.74, 6) is 1.15. The van der Waals surface area contributed by atoms with Gasteiger partial charge in [-0.2, -0.15) is 10.1 Å². The Kier molecular flexibility index (Phi) is 6.82. The van der Waals surface area contributed by atoms with Gasteiger partial charge in [0.2, 0.25) is 0 Å². The SMILES string of the molecule is C=C(N)N=C/C(=C\N)c1ccc([C@@](C)(c2noc(-c3cnn(CCF)c3)n2)C(C)C)cn1. The lowest BCUT2D eigenvalue weighted by atomic mass is 9.73. The van der Waals surface area contributed by atoms with E-state index in [0.717, 1.165) is 5.56 Å². The summed E-state index contributed by atoms with van der Waals surface area (Å²) in [6, 6.07) is 3.80. The van der Waals surface area contributed by atoms with Gasteiger partial charge in [0, 0.05) is 30.4 Å². The van der Waals surface area contributed by atoms with Crippen LogP contribution in [0.1, 0.15) is 37.9 Å². The molecule has 0 aromatic carbocycles. The molecule has 0 radical (unpaired) electrons. The number of rotatable bonds is 9. The van der Waals surface area contributed by atoms with Gasteiger partial charge in [0.25, 0.3) is 5.89 Å². The van der Waals surface area contributed by atoms with Crippen LogP contribution in [0.25, 0.3) is 17.0 Å². The van der Waals surface area contributed by atoms with Crippen LogP contribution in [-0.2, 0) is 12.0 Å². The number of aromatic nitrogens is 5. The van der Waals surface area contributed by atoms with Crippen molar-refractivity contribution in [3.63, 3.8) is 0 Å². The molecule has 0 saturated heterocycles. The molecule has 10 heteroatoms. The summed E-state index contributed by atoms with van der Waals surface area (Å²) < 4.78 is 19.6. The van der Waals surface area contributed by atoms with Crippen molar-refractivity contribution in [2.45, 2.75) is 32.7 Å². The Morgan fingerprint density at radius 1 is 1.38 bits per heavy atom. The van der Waals surface area contributed by atoms with Crippen molar-refractivity contribution in [3.8, 4) is 11.5 Å². The Morgan fingerprint density at radius 2 is 2.16 bits per heavy atom. The van der Waals surface area contributed by atoms with E-state index >= 15 is 0 Å². The molecule has 0 saturated carbocycles. The fourth-order valence-corrected chi connectivity index (χ4v) is 3.17. The number of alkyl halides is 1. The second-order valence-electron chi connectivity index (χ2n) is 7.76. The molecule has 0 unspecified atom stereocenters. The van der Waals surface area contributed by atoms with E-state index in [1.165, 1.54) is 17.1 Å². The highest BCUT2D eigenvalue weighted by Gasteiger charge is 2.38. The molecule has 3 rings (SSSR count). The highest BCUT2D eigenvalue weighted by Crippen LogP contribution is 2.38. The van der Waals surface area contributed by atoms with Gasteiger partial charge in [-0.25, -0.2) is 9.38 Å². The van der Waals surface area contributed by atoms with E-state index in [0.29, 0.717) is 28.5 Å². The molecule has 0 spiro atoms. The molecule has 0 bridgehead atoms. The predicted molar refractivity (Wildman–Crippen MR) is 121 cm³/mol. The number of nitrogens with two attached hydrogens (primary N) is 2. The molecule has 0 aliphatic carbocycles. The minimum Gasteiger partial charge on any atom is -0.404 e. The predicted octanol–water partition coefficient (Wildman–Crippen LogP) is 3.06. The summed E-state index contributed by atoms with van der Waals surface area (Å²) in [5.41, 5.74) is 13.4. The Hall–Kier alpha value is -3.82. The zero-order chi connectivity index (χ0) is 23.3. The monoisotopic (exact) mass is 438 g/mol. The van der Waals surface area contributed by atoms with Gasteiger partial charge in [-0.05, 0) is 24.5 Å². The van der Waals surface area contributed by atoms with E-state index in [2.05, 4.69) is 45.6 Å². The first kappa shape index (κ1) is 22.9. The van der Waals surface area contributed by atoms with Gasteiger partial charge in [0.05, 0.1) is 29.4 Å². The first-order chi connectivity index (χ1) is 15.3. The summed E-state index contributed by atoms with van der Waals surface area (Å²) >= 11 is 0. The minimum atomic E-state index is -0.575. The zero-order valence-corrected chi connectivity index (χ0v) is 18.4. The lowest BCUT2D eigenvalue weighted by Crippen LogP contribution is -2.31. The number of allylic oxidation sites excluding steroid dienone is 1. The first-order valence-corrected chi connectivity index (χ1v) is 10.1. The fourth-order valence-electron chi connectivity index (χ4n) is 3.17. The van der Waals surface area contributed by atoms with Gasteiger partial charge in [-0.1, -0.05) is 31.6 Å². The van der Waals surface area contributed by atoms with Crippen molar-refractivity contribution in [1.82, 2.24) is 24.9 Å². The summed E-state index contributed by atoms with van der Waals surface area (Å²) in [4.78, 5) is 13.1. The number of hydrogen-bond acceptors (Lipinski definition) is 8. The molecule has 168 valence electrons. The van der Waals surface area contributed by atoms with Crippen LogP contribution < -0.4 is 11.5 Å². The second-order valence-corrected chi connectivity index (χ2v) is 7.76. The van der Waals surface area contributed by atoms with Gasteiger partial charge in [-0.15, -0.1) is 0 Å². The summed E-state index contributed by atoms with van der Waals surface area (Å²) in [6.07, 6.45) is 7.94. The summed E-state index contributed by atoms with van der Waals surface area (Å²) in [7, 11) is 0. The molecule has 3 aromatic heterocycles. The van der Waals surface area contributed by atoms with Gasteiger partial charge < -0.3 is 16.0 Å². The van der Waals surface area contributed by atoms with Crippen molar-refractivity contribution in [2.75, 3.05) is 6.67 Å². The second kappa shape index (κ2) is 9.54. The summed E-state index contributed by atoms with van der Waals surface area (Å²) in [6.45, 7) is 9.40. The van der Waals surface area contributed by atoms with E-state index in [1.807, 2.05) is 19.1 Å². The maximum Gasteiger partial charge on any atom is 0.261 e. The normalized spacial score (nSPS) is 14.2. The van der Waals surface area contributed by atoms with Crippen LogP contribution in [0.4, 0.5) is 4.39 Å². The largest absolute Gasteiger partial charge is 0.404 e. The van der Waals surface area contributed by atoms with E-state index in [-0.39, 0.29) is 18.3 Å². The molecule has 3 heterocycles. The molecule has 0 aliphatic heterocycles. The highest BCUT2D eigenvalue weighted by molar-refractivity contribution is 6.09. The fraction of sp³-hybridized carbons (Fsp3) is 0.318. The highest BCUT2D eigenvalue weighted by atomic mass is 19.1. The number of pyridine rings is 1. The molecule has 0 aliphatic rings. The van der Waals surface area contributed by atoms with Crippen molar-refractivity contribution in [3.05, 3.63) is 66.4 Å². The third-order valence-corrected chi connectivity index (χ3v) is 5.45. The third-order valence-electron chi connectivity index (χ3n) is 5.45. The number of aryl methyl sites for hydroxylation is 1. The van der Waals surface area contributed by atoms with Crippen LogP contribution in [0, 0.1) is 5.92 Å². The molecule has 4 N–H and O–H groups in total. The Balaban J connectivity index is 1.93. The number of nitrogens with zero attached hydrogens (tertiary/aromatic N) is 6. The molecular formula is C22H27FN8O. The van der Waals surface area contributed by atoms with Gasteiger partial charge in [-0.3, -0.25) is 9.67 Å². The zero-order valence-electron chi connectivity index (χ0n) is 18.4. The Bertz CT molecular complexity index is 1130. The first-order valence-electron chi connectivity index (χ1n) is 10.1. The minimum absolute atomic E-state index is 0.126. The van der Waals surface area contributed by atoms with Gasteiger partial charge in [0.1, 0.15) is 12.5 Å². The molecule has 0 amide bonds. The Labute approximate surface area is 185 Å². The van der Waals surface area contributed by atoms with Crippen molar-refractivity contribution in [1.29, 1.82) is 0 Å². The van der Waals surface area contributed by atoms with Crippen LogP contribution in [0.15, 0.2) is 58.8 Å². The van der Waals surface area contributed by atoms with Crippen LogP contribution in [0.3, 0.4) is 0 Å². The Morgan fingerprint density at radius 3 is 2.75 bits per heavy atom. The molecular weight excluding hydrogens is 411 g/mol. The molecule has 32 heavy (non-hydrogen) atoms. The van der Waals surface area contributed by atoms with Crippen LogP contribution >= 0.6 is 0 Å². The maximum atomic E-state index is 12.6. The lowest BCUT2D eigenvalue weighted by molar-refractivity contribution is 0.350. The summed E-state index contributed by atoms with van der Waals surface area (Å²) in [5, 5.41) is 8.35. The average molecular weight is 439 g/mol. The molecule has 0 fully saturated rings. The van der Waals surface area contributed by atoms with Crippen molar-refractivity contribution < 1.29 is 8.91 Å². The molecule has 9 nitrogen and oxygen atoms in total. The average Bonchev–Trinajstić information content (AvgIpc) is 3.44. The quantitative estimate of drug-likeness (QED) is 0.490. The van der Waals surface area contributed by atoms with Crippen molar-refractivity contribution >= 4 is 11.8 Å². The molecule has 3 aromatic rings. The van der Waals surface area contributed by atoms with Crippen LogP contribution in [0.5, 0.6) is 0 Å². The number of hydrogen-bond donors (Lipinski definition) is 2. The van der Waals surface area contributed by atoms with Crippen molar-refractivity contribution in [2.24, 2.45) is 22.4 Å². The molecule has 1 atom stereocenters.